The van der Waals surface area contributed by atoms with Crippen LogP contribution in [0.2, 0.25) is 0 Å². The van der Waals surface area contributed by atoms with E-state index >= 15 is 0 Å². The van der Waals surface area contributed by atoms with Crippen LogP contribution >= 0.6 is 15.9 Å². The van der Waals surface area contributed by atoms with Crippen LogP contribution in [0.3, 0.4) is 0 Å². The summed E-state index contributed by atoms with van der Waals surface area (Å²) in [5, 5.41) is 0.691. The van der Waals surface area contributed by atoms with Crippen molar-refractivity contribution in [2.24, 2.45) is 0 Å². The Hall–Kier alpha value is -2.97. The van der Waals surface area contributed by atoms with Gasteiger partial charge in [-0.25, -0.2) is 17.4 Å². The maximum Gasteiger partial charge on any atom is 0.269 e. The highest BCUT2D eigenvalue weighted by Crippen LogP contribution is 2.33. The predicted molar refractivity (Wildman–Crippen MR) is 125 cm³/mol. The highest BCUT2D eigenvalue weighted by atomic mass is 79.9. The van der Waals surface area contributed by atoms with Crippen LogP contribution in [0.5, 0.6) is 0 Å². The second-order valence-corrected chi connectivity index (χ2v) is 10.2. The average Bonchev–Trinajstić information content (AvgIpc) is 3.13. The molecule has 31 heavy (non-hydrogen) atoms. The van der Waals surface area contributed by atoms with Gasteiger partial charge >= 0.3 is 0 Å². The van der Waals surface area contributed by atoms with Crippen LogP contribution in [0, 0.1) is 6.92 Å². The average molecular weight is 498 g/mol. The molecular formula is C23H20BrN3O3S. The number of rotatable bonds is 4. The highest BCUT2D eigenvalue weighted by Gasteiger charge is 2.23. The smallest absolute Gasteiger partial charge is 0.269 e. The van der Waals surface area contributed by atoms with Gasteiger partial charge in [0.2, 0.25) is 0 Å². The molecule has 0 saturated heterocycles. The zero-order chi connectivity index (χ0) is 22.3. The second kappa shape index (κ2) is 7.94. The van der Waals surface area contributed by atoms with Gasteiger partial charge in [-0.15, -0.1) is 0 Å². The van der Waals surface area contributed by atoms with E-state index in [2.05, 4.69) is 20.9 Å². The van der Waals surface area contributed by atoms with Gasteiger partial charge in [-0.3, -0.25) is 4.79 Å². The number of carbonyl (C=O) groups excluding carboxylic acids is 1. The Labute approximate surface area is 189 Å². The lowest BCUT2D eigenvalue weighted by molar-refractivity contribution is 0.0827. The summed E-state index contributed by atoms with van der Waals surface area (Å²) in [4.78, 5) is 18.3. The van der Waals surface area contributed by atoms with Crippen LogP contribution in [0.25, 0.3) is 22.2 Å². The Morgan fingerprint density at radius 3 is 2.29 bits per heavy atom. The highest BCUT2D eigenvalue weighted by molar-refractivity contribution is 9.10. The molecule has 6 nitrogen and oxygen atoms in total. The van der Waals surface area contributed by atoms with Crippen molar-refractivity contribution < 1.29 is 13.2 Å². The van der Waals surface area contributed by atoms with Crippen molar-refractivity contribution in [1.29, 1.82) is 0 Å². The lowest BCUT2D eigenvalue weighted by Gasteiger charge is -2.10. The van der Waals surface area contributed by atoms with Crippen LogP contribution in [0.1, 0.15) is 15.9 Å². The zero-order valence-corrected chi connectivity index (χ0v) is 19.6. The number of aromatic nitrogens is 2. The zero-order valence-electron chi connectivity index (χ0n) is 17.2. The summed E-state index contributed by atoms with van der Waals surface area (Å²) in [7, 11) is -0.442. The van der Waals surface area contributed by atoms with Crippen LogP contribution in [-0.2, 0) is 10.0 Å². The topological polar surface area (TPSA) is 72.3 Å². The van der Waals surface area contributed by atoms with Crippen LogP contribution in [0.15, 0.2) is 76.4 Å². The molecule has 0 aliphatic rings. The van der Waals surface area contributed by atoms with Gasteiger partial charge in [0, 0.05) is 47.5 Å². The van der Waals surface area contributed by atoms with E-state index in [9.17, 15) is 13.2 Å². The number of hydrogen-bond donors (Lipinski definition) is 0. The van der Waals surface area contributed by atoms with Crippen molar-refractivity contribution >= 4 is 42.9 Å². The number of hydrogen-bond acceptors (Lipinski definition) is 4. The first-order chi connectivity index (χ1) is 14.7. The third-order valence-electron chi connectivity index (χ3n) is 5.01. The van der Waals surface area contributed by atoms with Crippen LogP contribution in [-0.4, -0.2) is 42.3 Å². The van der Waals surface area contributed by atoms with Gasteiger partial charge in [-0.1, -0.05) is 29.8 Å². The molecule has 0 bridgehead atoms. The lowest BCUT2D eigenvalue weighted by atomic mass is 10.0. The molecule has 4 rings (SSSR count). The largest absolute Gasteiger partial charge is 0.345 e. The molecule has 0 aliphatic carbocycles. The minimum atomic E-state index is -3.84. The molecule has 0 N–H and O–H groups in total. The first kappa shape index (κ1) is 21.3. The number of benzene rings is 2. The fraction of sp³-hybridized carbons (Fsp3) is 0.130. The molecule has 0 spiro atoms. The molecule has 0 unspecified atom stereocenters. The molecule has 1 amide bonds. The monoisotopic (exact) mass is 497 g/mol. The van der Waals surface area contributed by atoms with Crippen molar-refractivity contribution in [3.8, 4) is 11.1 Å². The number of nitrogens with zero attached hydrogens (tertiary/aromatic N) is 3. The minimum absolute atomic E-state index is 0.0969. The molecule has 4 aromatic rings. The van der Waals surface area contributed by atoms with Crippen molar-refractivity contribution in [1.82, 2.24) is 13.9 Å². The molecule has 0 aliphatic heterocycles. The number of fused-ring (bicyclic) bond motifs is 1. The molecule has 2 aromatic heterocycles. The number of halogens is 1. The normalized spacial score (nSPS) is 11.6. The fourth-order valence-corrected chi connectivity index (χ4v) is 5.00. The Kier molecular flexibility index (Phi) is 5.45. The SMILES string of the molecule is Cc1ccc(S(=O)(=O)n2cc(-c3ccc(C(=O)N(C)C)cc3)c3cc(Br)cnc32)cc1. The van der Waals surface area contributed by atoms with E-state index in [-0.39, 0.29) is 10.8 Å². The van der Waals surface area contributed by atoms with Crippen LogP contribution in [0.4, 0.5) is 0 Å². The van der Waals surface area contributed by atoms with E-state index < -0.39 is 10.0 Å². The van der Waals surface area contributed by atoms with E-state index in [1.165, 1.54) is 8.87 Å². The lowest BCUT2D eigenvalue weighted by Crippen LogP contribution is -2.21. The first-order valence-corrected chi connectivity index (χ1v) is 11.7. The Morgan fingerprint density at radius 2 is 1.68 bits per heavy atom. The summed E-state index contributed by atoms with van der Waals surface area (Å²) in [5.74, 6) is -0.0969. The number of aryl methyl sites for hydroxylation is 1. The van der Waals surface area contributed by atoms with Crippen molar-refractivity contribution in [2.45, 2.75) is 11.8 Å². The summed E-state index contributed by atoms with van der Waals surface area (Å²) in [5.41, 5.74) is 3.38. The summed E-state index contributed by atoms with van der Waals surface area (Å²) in [6.45, 7) is 1.91. The summed E-state index contributed by atoms with van der Waals surface area (Å²) in [6, 6.07) is 15.7. The van der Waals surface area contributed by atoms with Gasteiger partial charge < -0.3 is 4.90 Å². The van der Waals surface area contributed by atoms with Gasteiger partial charge in [0.25, 0.3) is 15.9 Å². The Morgan fingerprint density at radius 1 is 1.03 bits per heavy atom. The molecule has 158 valence electrons. The van der Waals surface area contributed by atoms with Crippen molar-refractivity contribution in [2.75, 3.05) is 14.1 Å². The van der Waals surface area contributed by atoms with Gasteiger partial charge in [-0.05, 0) is 58.7 Å². The quantitative estimate of drug-likeness (QED) is 0.409. The molecular weight excluding hydrogens is 478 g/mol. The van der Waals surface area contributed by atoms with Gasteiger partial charge in [0.05, 0.1) is 4.90 Å². The van der Waals surface area contributed by atoms with Crippen molar-refractivity contribution in [3.05, 3.63) is 82.6 Å². The molecule has 2 aromatic carbocycles. The van der Waals surface area contributed by atoms with Gasteiger partial charge in [0.15, 0.2) is 5.65 Å². The first-order valence-electron chi connectivity index (χ1n) is 9.49. The third kappa shape index (κ3) is 3.88. The molecule has 0 saturated carbocycles. The van der Waals surface area contributed by atoms with E-state index in [4.69, 9.17) is 0 Å². The molecule has 8 heteroatoms. The van der Waals surface area contributed by atoms with Crippen molar-refractivity contribution in [3.63, 3.8) is 0 Å². The van der Waals surface area contributed by atoms with Gasteiger partial charge in [0.1, 0.15) is 0 Å². The Bertz CT molecular complexity index is 1390. The number of amides is 1. The summed E-state index contributed by atoms with van der Waals surface area (Å²) in [6.07, 6.45) is 3.16. The fourth-order valence-electron chi connectivity index (χ4n) is 3.34. The summed E-state index contributed by atoms with van der Waals surface area (Å²) >= 11 is 3.43. The number of carbonyl (C=O) groups is 1. The second-order valence-electron chi connectivity index (χ2n) is 7.46. The minimum Gasteiger partial charge on any atom is -0.345 e. The third-order valence-corrected chi connectivity index (χ3v) is 7.10. The Balaban J connectivity index is 1.89. The summed E-state index contributed by atoms with van der Waals surface area (Å²) < 4.78 is 28.7. The van der Waals surface area contributed by atoms with E-state index in [1.807, 2.05) is 25.1 Å². The van der Waals surface area contributed by atoms with Gasteiger partial charge in [-0.2, -0.15) is 0 Å². The van der Waals surface area contributed by atoms with E-state index in [0.717, 1.165) is 15.6 Å². The maximum absolute atomic E-state index is 13.4. The molecule has 0 atom stereocenters. The maximum atomic E-state index is 13.4. The standard InChI is InChI=1S/C23H20BrN3O3S/c1-15-4-10-19(11-5-15)31(29,30)27-14-21(20-12-18(24)13-25-22(20)27)16-6-8-17(9-7-16)23(28)26(2)3/h4-14H,1-3H3. The molecule has 0 fully saturated rings. The molecule has 2 heterocycles. The number of pyridine rings is 1. The van der Waals surface area contributed by atoms with E-state index in [1.54, 1.807) is 62.9 Å². The van der Waals surface area contributed by atoms with Crippen LogP contribution < -0.4 is 0 Å². The van der Waals surface area contributed by atoms with E-state index in [0.29, 0.717) is 22.2 Å². The molecule has 0 radical (unpaired) electrons. The predicted octanol–water partition coefficient (Wildman–Crippen LogP) is 4.71.